The van der Waals surface area contributed by atoms with E-state index in [9.17, 15) is 18.3 Å². The highest BCUT2D eigenvalue weighted by Gasteiger charge is 2.34. The first kappa shape index (κ1) is 17.7. The number of ether oxygens (including phenoxy) is 1. The number of hydrogen-bond acceptors (Lipinski definition) is 4. The quantitative estimate of drug-likeness (QED) is 0.793. The van der Waals surface area contributed by atoms with Gasteiger partial charge in [0, 0.05) is 7.11 Å². The van der Waals surface area contributed by atoms with Crippen molar-refractivity contribution >= 4 is 15.8 Å². The molecule has 0 heterocycles. The van der Waals surface area contributed by atoms with Crippen molar-refractivity contribution in [2.45, 2.75) is 37.5 Å². The van der Waals surface area contributed by atoms with E-state index in [-0.39, 0.29) is 18.6 Å². The Morgan fingerprint density at radius 3 is 2.33 bits per heavy atom. The molecule has 6 heteroatoms. The van der Waals surface area contributed by atoms with Gasteiger partial charge in [-0.3, -0.25) is 4.79 Å². The highest BCUT2D eigenvalue weighted by molar-refractivity contribution is 7.92. The van der Waals surface area contributed by atoms with Gasteiger partial charge in [-0.2, -0.15) is 0 Å². The number of carboxylic acid groups (broad SMARTS) is 1. The van der Waals surface area contributed by atoms with Gasteiger partial charge in [0.2, 0.25) is 0 Å². The second kappa shape index (κ2) is 7.04. The van der Waals surface area contributed by atoms with E-state index in [2.05, 4.69) is 0 Å². The molecule has 1 aromatic rings. The van der Waals surface area contributed by atoms with Crippen LogP contribution in [-0.4, -0.2) is 43.2 Å². The molecule has 118 valence electrons. The molecular weight excluding hydrogens is 292 g/mol. The maximum absolute atomic E-state index is 12.3. The lowest BCUT2D eigenvalue weighted by Gasteiger charge is -2.23. The van der Waals surface area contributed by atoms with Crippen LogP contribution in [0.4, 0.5) is 0 Å². The van der Waals surface area contributed by atoms with Crippen molar-refractivity contribution in [1.29, 1.82) is 0 Å². The Labute approximate surface area is 125 Å². The van der Waals surface area contributed by atoms with Crippen LogP contribution in [0.15, 0.2) is 30.3 Å². The Balaban J connectivity index is 2.87. The minimum atomic E-state index is -3.74. The van der Waals surface area contributed by atoms with Crippen LogP contribution >= 0.6 is 0 Å². The van der Waals surface area contributed by atoms with Gasteiger partial charge >= 0.3 is 5.97 Å². The maximum atomic E-state index is 12.3. The molecule has 1 unspecified atom stereocenters. The van der Waals surface area contributed by atoms with Gasteiger partial charge < -0.3 is 9.84 Å². The number of aliphatic carboxylic acids is 1. The summed E-state index contributed by atoms with van der Waals surface area (Å²) in [6.45, 7) is 3.55. The minimum Gasteiger partial charge on any atom is -0.480 e. The van der Waals surface area contributed by atoms with E-state index in [4.69, 9.17) is 4.74 Å². The van der Waals surface area contributed by atoms with E-state index in [1.807, 2.05) is 0 Å². The van der Waals surface area contributed by atoms with Gasteiger partial charge in [0.15, 0.2) is 15.1 Å². The van der Waals surface area contributed by atoms with Crippen molar-refractivity contribution in [2.24, 2.45) is 0 Å². The number of hydrogen-bond donors (Lipinski definition) is 1. The first-order valence-corrected chi connectivity index (χ1v) is 8.43. The molecule has 1 atom stereocenters. The summed E-state index contributed by atoms with van der Waals surface area (Å²) in [5.41, 5.74) is 0.0996. The molecule has 1 rings (SSSR count). The Morgan fingerprint density at radius 1 is 1.29 bits per heavy atom. The lowest BCUT2D eigenvalue weighted by Crippen LogP contribution is -2.36. The monoisotopic (exact) mass is 314 g/mol. The number of rotatable bonds is 8. The van der Waals surface area contributed by atoms with Gasteiger partial charge in [0.25, 0.3) is 0 Å². The molecule has 0 spiro atoms. The smallest absolute Gasteiger partial charge is 0.322 e. The Kier molecular flexibility index (Phi) is 5.92. The topological polar surface area (TPSA) is 80.7 Å². The molecule has 0 fully saturated rings. The van der Waals surface area contributed by atoms with Crippen molar-refractivity contribution in [3.63, 3.8) is 0 Å². The predicted octanol–water partition coefficient (Wildman–Crippen LogP) is 1.91. The number of carboxylic acids is 1. The zero-order chi connectivity index (χ0) is 16.1. The third kappa shape index (κ3) is 5.47. The highest BCUT2D eigenvalue weighted by atomic mass is 32.2. The first-order chi connectivity index (χ1) is 9.68. The summed E-state index contributed by atoms with van der Waals surface area (Å²) in [6.07, 6.45) is 0.232. The molecule has 0 saturated heterocycles. The molecule has 0 amide bonds. The van der Waals surface area contributed by atoms with E-state index in [0.29, 0.717) is 5.56 Å². The number of carbonyl (C=O) groups is 1. The van der Waals surface area contributed by atoms with E-state index in [1.54, 1.807) is 44.2 Å². The van der Waals surface area contributed by atoms with Crippen LogP contribution < -0.4 is 0 Å². The van der Waals surface area contributed by atoms with Crippen LogP contribution in [0.3, 0.4) is 0 Å². The van der Waals surface area contributed by atoms with Gasteiger partial charge in [-0.1, -0.05) is 30.3 Å². The van der Waals surface area contributed by atoms with Crippen LogP contribution in [-0.2, 0) is 25.8 Å². The van der Waals surface area contributed by atoms with E-state index in [1.165, 1.54) is 7.11 Å². The lowest BCUT2D eigenvalue weighted by molar-refractivity contribution is -0.136. The lowest BCUT2D eigenvalue weighted by atomic mass is 10.1. The van der Waals surface area contributed by atoms with Crippen molar-refractivity contribution in [3.05, 3.63) is 35.9 Å². The van der Waals surface area contributed by atoms with Gasteiger partial charge in [0.1, 0.15) is 0 Å². The normalized spacial score (nSPS) is 13.9. The maximum Gasteiger partial charge on any atom is 0.322 e. The van der Waals surface area contributed by atoms with Gasteiger partial charge in [-0.05, 0) is 32.3 Å². The van der Waals surface area contributed by atoms with E-state index >= 15 is 0 Å². The standard InChI is InChI=1S/C15H22O5S/c1-15(2,20-3)9-10-21(18,19)13(14(16)17)11-12-7-5-4-6-8-12/h4-8,13H,9-11H2,1-3H3,(H,16,17). The van der Waals surface area contributed by atoms with E-state index < -0.39 is 26.7 Å². The second-order valence-electron chi connectivity index (χ2n) is 5.60. The molecular formula is C15H22O5S. The summed E-state index contributed by atoms with van der Waals surface area (Å²) in [5, 5.41) is 7.82. The molecule has 0 radical (unpaired) electrons. The summed E-state index contributed by atoms with van der Waals surface area (Å²) in [4.78, 5) is 11.3. The Hall–Kier alpha value is -1.40. The first-order valence-electron chi connectivity index (χ1n) is 6.71. The van der Waals surface area contributed by atoms with Gasteiger partial charge in [-0.15, -0.1) is 0 Å². The zero-order valence-electron chi connectivity index (χ0n) is 12.6. The Morgan fingerprint density at radius 2 is 1.86 bits per heavy atom. The molecule has 1 aromatic carbocycles. The third-order valence-electron chi connectivity index (χ3n) is 3.51. The van der Waals surface area contributed by atoms with Crippen LogP contribution in [0.2, 0.25) is 0 Å². The van der Waals surface area contributed by atoms with Crippen LogP contribution in [0, 0.1) is 0 Å². The average molecular weight is 314 g/mol. The molecule has 0 bridgehead atoms. The molecule has 0 aliphatic carbocycles. The fourth-order valence-corrected chi connectivity index (χ4v) is 3.64. The number of sulfone groups is 1. The fourth-order valence-electron chi connectivity index (χ4n) is 1.83. The van der Waals surface area contributed by atoms with Crippen molar-refractivity contribution < 1.29 is 23.1 Å². The van der Waals surface area contributed by atoms with Crippen LogP contribution in [0.25, 0.3) is 0 Å². The number of benzene rings is 1. The Bertz CT molecular complexity index is 563. The molecule has 21 heavy (non-hydrogen) atoms. The SMILES string of the molecule is COC(C)(C)CCS(=O)(=O)C(Cc1ccccc1)C(=O)O. The summed E-state index contributed by atoms with van der Waals surface area (Å²) in [5.74, 6) is -1.52. The molecule has 1 N–H and O–H groups in total. The zero-order valence-corrected chi connectivity index (χ0v) is 13.4. The van der Waals surface area contributed by atoms with Gasteiger partial charge in [-0.25, -0.2) is 8.42 Å². The summed E-state index contributed by atoms with van der Waals surface area (Å²) < 4.78 is 29.8. The number of methoxy groups -OCH3 is 1. The van der Waals surface area contributed by atoms with Crippen molar-refractivity contribution in [1.82, 2.24) is 0 Å². The molecule has 0 aliphatic rings. The molecule has 0 aromatic heterocycles. The molecule has 5 nitrogen and oxygen atoms in total. The van der Waals surface area contributed by atoms with Crippen LogP contribution in [0.1, 0.15) is 25.8 Å². The summed E-state index contributed by atoms with van der Waals surface area (Å²) in [6, 6.07) is 8.77. The van der Waals surface area contributed by atoms with Crippen molar-refractivity contribution in [3.8, 4) is 0 Å². The summed E-state index contributed by atoms with van der Waals surface area (Å²) >= 11 is 0. The molecule has 0 saturated carbocycles. The minimum absolute atomic E-state index is 0.0219. The van der Waals surface area contributed by atoms with E-state index in [0.717, 1.165) is 0 Å². The predicted molar refractivity (Wildman–Crippen MR) is 81.1 cm³/mol. The third-order valence-corrected chi connectivity index (χ3v) is 5.52. The van der Waals surface area contributed by atoms with Crippen LogP contribution in [0.5, 0.6) is 0 Å². The summed E-state index contributed by atoms with van der Waals surface area (Å²) in [7, 11) is -2.24. The largest absolute Gasteiger partial charge is 0.480 e. The second-order valence-corrected chi connectivity index (χ2v) is 7.90. The average Bonchev–Trinajstić information content (AvgIpc) is 2.43. The van der Waals surface area contributed by atoms with Gasteiger partial charge in [0.05, 0.1) is 11.4 Å². The fraction of sp³-hybridized carbons (Fsp3) is 0.533. The highest BCUT2D eigenvalue weighted by Crippen LogP contribution is 2.18. The van der Waals surface area contributed by atoms with Crippen molar-refractivity contribution in [2.75, 3.05) is 12.9 Å². The molecule has 0 aliphatic heterocycles.